The van der Waals surface area contributed by atoms with E-state index < -0.39 is 31.4 Å². The molecule has 0 spiro atoms. The smallest absolute Gasteiger partial charge is 0.306 e. The Hall–Kier alpha value is -1.68. The number of nitrogen functional groups attached to an aromatic ring is 1. The van der Waals surface area contributed by atoms with Crippen LogP contribution in [0.5, 0.6) is 0 Å². The lowest BCUT2D eigenvalue weighted by molar-refractivity contribution is -0.140. The SMILES string of the molecule is COC(=O)CCS(=O)(=O)c1cc(CS(C)(=O)=O)cc(N)n1. The van der Waals surface area contributed by atoms with Gasteiger partial charge in [0.05, 0.1) is 25.0 Å². The molecule has 1 heterocycles. The maximum absolute atomic E-state index is 12.0. The molecule has 118 valence electrons. The first kappa shape index (κ1) is 17.4. The van der Waals surface area contributed by atoms with Gasteiger partial charge in [0.1, 0.15) is 5.82 Å². The molecule has 2 N–H and O–H groups in total. The van der Waals surface area contributed by atoms with Crippen molar-refractivity contribution in [2.24, 2.45) is 0 Å². The van der Waals surface area contributed by atoms with Gasteiger partial charge in [-0.3, -0.25) is 4.79 Å². The van der Waals surface area contributed by atoms with E-state index in [-0.39, 0.29) is 28.6 Å². The van der Waals surface area contributed by atoms with E-state index in [4.69, 9.17) is 5.73 Å². The molecule has 0 unspecified atom stereocenters. The van der Waals surface area contributed by atoms with Crippen LogP contribution in [0.15, 0.2) is 17.2 Å². The molecule has 0 bridgehead atoms. The van der Waals surface area contributed by atoms with E-state index in [1.165, 1.54) is 6.07 Å². The number of pyridine rings is 1. The normalized spacial score (nSPS) is 12.1. The number of nitrogens with zero attached hydrogens (tertiary/aromatic N) is 1. The third kappa shape index (κ3) is 5.68. The van der Waals surface area contributed by atoms with Crippen LogP contribution in [-0.2, 0) is 35.0 Å². The Kier molecular flexibility index (Phi) is 5.29. The maximum atomic E-state index is 12.0. The van der Waals surface area contributed by atoms with E-state index in [2.05, 4.69) is 9.72 Å². The molecule has 8 nitrogen and oxygen atoms in total. The van der Waals surface area contributed by atoms with Gasteiger partial charge in [0.2, 0.25) is 0 Å². The number of hydrogen-bond acceptors (Lipinski definition) is 8. The van der Waals surface area contributed by atoms with Crippen LogP contribution in [0.4, 0.5) is 5.82 Å². The van der Waals surface area contributed by atoms with Crippen LogP contribution < -0.4 is 5.73 Å². The van der Waals surface area contributed by atoms with Crippen molar-refractivity contribution < 1.29 is 26.4 Å². The van der Waals surface area contributed by atoms with Gasteiger partial charge in [-0.05, 0) is 17.7 Å². The minimum atomic E-state index is -3.85. The monoisotopic (exact) mass is 336 g/mol. The lowest BCUT2D eigenvalue weighted by Gasteiger charge is -2.07. The molecule has 0 radical (unpaired) electrons. The van der Waals surface area contributed by atoms with Crippen LogP contribution in [0, 0.1) is 0 Å². The molecule has 1 aromatic heterocycles. The fourth-order valence-electron chi connectivity index (χ4n) is 1.55. The summed E-state index contributed by atoms with van der Waals surface area (Å²) in [7, 11) is -6.04. The van der Waals surface area contributed by atoms with Gasteiger partial charge in [-0.2, -0.15) is 0 Å². The van der Waals surface area contributed by atoms with E-state index in [1.807, 2.05) is 0 Å². The van der Waals surface area contributed by atoms with Gasteiger partial charge < -0.3 is 10.5 Å². The Morgan fingerprint density at radius 2 is 1.90 bits per heavy atom. The first-order valence-electron chi connectivity index (χ1n) is 5.77. The third-order valence-electron chi connectivity index (χ3n) is 2.43. The predicted molar refractivity (Wildman–Crippen MR) is 75.9 cm³/mol. The number of sulfone groups is 2. The number of esters is 1. The molecule has 0 atom stereocenters. The summed E-state index contributed by atoms with van der Waals surface area (Å²) in [5.41, 5.74) is 5.72. The summed E-state index contributed by atoms with van der Waals surface area (Å²) < 4.78 is 51.0. The summed E-state index contributed by atoms with van der Waals surface area (Å²) in [5, 5.41) is -0.356. The van der Waals surface area contributed by atoms with Crippen molar-refractivity contribution >= 4 is 31.5 Å². The lowest BCUT2D eigenvalue weighted by atomic mass is 10.3. The number of ether oxygens (including phenoxy) is 1. The largest absolute Gasteiger partial charge is 0.469 e. The van der Waals surface area contributed by atoms with Gasteiger partial charge >= 0.3 is 5.97 Å². The number of rotatable bonds is 6. The third-order valence-corrected chi connectivity index (χ3v) is 4.88. The number of carbonyl (C=O) groups excluding carboxylic acids is 1. The van der Waals surface area contributed by atoms with Crippen molar-refractivity contribution in [1.82, 2.24) is 4.98 Å². The first-order chi connectivity index (χ1) is 9.53. The van der Waals surface area contributed by atoms with Gasteiger partial charge in [0, 0.05) is 6.26 Å². The zero-order valence-corrected chi connectivity index (χ0v) is 13.2. The predicted octanol–water partition coefficient (Wildman–Crippen LogP) is -0.455. The molecule has 10 heteroatoms. The van der Waals surface area contributed by atoms with Gasteiger partial charge in [-0.25, -0.2) is 21.8 Å². The highest BCUT2D eigenvalue weighted by atomic mass is 32.2. The van der Waals surface area contributed by atoms with E-state index in [0.717, 1.165) is 19.4 Å². The molecule has 0 aliphatic carbocycles. The zero-order valence-electron chi connectivity index (χ0n) is 11.6. The molecule has 0 aliphatic rings. The number of hydrogen-bond donors (Lipinski definition) is 1. The second-order valence-corrected chi connectivity index (χ2v) is 8.65. The number of aromatic nitrogens is 1. The van der Waals surface area contributed by atoms with Crippen LogP contribution in [-0.4, -0.2) is 46.9 Å². The topological polar surface area (TPSA) is 133 Å². The number of anilines is 1. The molecule has 1 aromatic rings. The summed E-state index contributed by atoms with van der Waals surface area (Å²) in [6.45, 7) is 0. The second-order valence-electron chi connectivity index (χ2n) is 4.45. The zero-order chi connectivity index (χ0) is 16.3. The average Bonchev–Trinajstić information content (AvgIpc) is 2.33. The second kappa shape index (κ2) is 6.39. The summed E-state index contributed by atoms with van der Waals surface area (Å²) >= 11 is 0. The minimum absolute atomic E-state index is 0.104. The summed E-state index contributed by atoms with van der Waals surface area (Å²) in [5.74, 6) is -1.61. The molecule has 1 rings (SSSR count). The standard InChI is InChI=1S/C11H16N2O6S2/c1-19-11(14)3-4-21(17,18)10-6-8(5-9(12)13-10)7-20(2,15)16/h5-6H,3-4,7H2,1-2H3,(H2,12,13). The highest BCUT2D eigenvalue weighted by Gasteiger charge is 2.20. The molecule has 0 aromatic carbocycles. The maximum Gasteiger partial charge on any atom is 0.306 e. The molecule has 0 aliphatic heterocycles. The lowest BCUT2D eigenvalue weighted by Crippen LogP contribution is -2.15. The molecular formula is C11H16N2O6S2. The van der Waals surface area contributed by atoms with Gasteiger partial charge in [0.15, 0.2) is 24.7 Å². The Morgan fingerprint density at radius 3 is 2.43 bits per heavy atom. The van der Waals surface area contributed by atoms with E-state index in [9.17, 15) is 21.6 Å². The number of carbonyl (C=O) groups is 1. The van der Waals surface area contributed by atoms with Crippen LogP contribution in [0.1, 0.15) is 12.0 Å². The van der Waals surface area contributed by atoms with Crippen LogP contribution in [0.2, 0.25) is 0 Å². The van der Waals surface area contributed by atoms with E-state index in [0.29, 0.717) is 0 Å². The highest BCUT2D eigenvalue weighted by molar-refractivity contribution is 7.91. The Morgan fingerprint density at radius 1 is 1.29 bits per heavy atom. The van der Waals surface area contributed by atoms with Crippen molar-refractivity contribution in [2.45, 2.75) is 17.2 Å². The fraction of sp³-hybridized carbons (Fsp3) is 0.455. The Labute approximate surface area is 123 Å². The van der Waals surface area contributed by atoms with Gasteiger partial charge in [-0.1, -0.05) is 0 Å². The Balaban J connectivity index is 3.09. The van der Waals surface area contributed by atoms with Crippen molar-refractivity contribution in [2.75, 3.05) is 24.9 Å². The molecular weight excluding hydrogens is 320 g/mol. The molecule has 21 heavy (non-hydrogen) atoms. The van der Waals surface area contributed by atoms with Crippen molar-refractivity contribution in [3.8, 4) is 0 Å². The van der Waals surface area contributed by atoms with Crippen molar-refractivity contribution in [1.29, 1.82) is 0 Å². The molecule has 0 saturated carbocycles. The van der Waals surface area contributed by atoms with Crippen LogP contribution in [0.3, 0.4) is 0 Å². The summed E-state index contributed by atoms with van der Waals surface area (Å²) in [4.78, 5) is 14.7. The fourth-order valence-corrected chi connectivity index (χ4v) is 3.54. The highest BCUT2D eigenvalue weighted by Crippen LogP contribution is 2.16. The molecule has 0 fully saturated rings. The van der Waals surface area contributed by atoms with Crippen molar-refractivity contribution in [3.63, 3.8) is 0 Å². The van der Waals surface area contributed by atoms with Crippen molar-refractivity contribution in [3.05, 3.63) is 17.7 Å². The average molecular weight is 336 g/mol. The number of methoxy groups -OCH3 is 1. The number of nitrogens with two attached hydrogens (primary N) is 1. The molecule has 0 amide bonds. The van der Waals surface area contributed by atoms with E-state index >= 15 is 0 Å². The summed E-state index contributed by atoms with van der Waals surface area (Å²) in [6, 6.07) is 2.43. The first-order valence-corrected chi connectivity index (χ1v) is 9.48. The van der Waals surface area contributed by atoms with Gasteiger partial charge in [-0.15, -0.1) is 0 Å². The Bertz CT molecular complexity index is 740. The quantitative estimate of drug-likeness (QED) is 0.690. The summed E-state index contributed by atoms with van der Waals surface area (Å²) in [6.07, 6.45) is 0.700. The minimum Gasteiger partial charge on any atom is -0.469 e. The van der Waals surface area contributed by atoms with Gasteiger partial charge in [0.25, 0.3) is 0 Å². The van der Waals surface area contributed by atoms with E-state index in [1.54, 1.807) is 0 Å². The van der Waals surface area contributed by atoms with Crippen LogP contribution >= 0.6 is 0 Å². The molecule has 0 saturated heterocycles. The van der Waals surface area contributed by atoms with Crippen LogP contribution in [0.25, 0.3) is 0 Å².